The Bertz CT molecular complexity index is 440. The van der Waals surface area contributed by atoms with E-state index in [-0.39, 0.29) is 0 Å². The van der Waals surface area contributed by atoms with E-state index in [1.54, 1.807) is 0 Å². The molecule has 98 valence electrons. The highest BCUT2D eigenvalue weighted by molar-refractivity contribution is 5.46. The van der Waals surface area contributed by atoms with Crippen LogP contribution in [0.3, 0.4) is 0 Å². The number of nitrogens with zero attached hydrogens (tertiary/aromatic N) is 1. The first-order valence-electron chi connectivity index (χ1n) is 7.15. The first-order chi connectivity index (χ1) is 8.53. The van der Waals surface area contributed by atoms with Gasteiger partial charge in [0.2, 0.25) is 0 Å². The zero-order chi connectivity index (χ0) is 12.8. The first-order valence-corrected chi connectivity index (χ1v) is 7.15. The van der Waals surface area contributed by atoms with E-state index in [9.17, 15) is 0 Å². The summed E-state index contributed by atoms with van der Waals surface area (Å²) < 4.78 is 0. The molecule has 0 atom stereocenters. The van der Waals surface area contributed by atoms with E-state index in [1.165, 1.54) is 36.8 Å². The van der Waals surface area contributed by atoms with Gasteiger partial charge in [-0.05, 0) is 54.4 Å². The second-order valence-electron chi connectivity index (χ2n) is 6.83. The van der Waals surface area contributed by atoms with E-state index in [4.69, 9.17) is 5.73 Å². The number of hydrogen-bond acceptors (Lipinski definition) is 2. The summed E-state index contributed by atoms with van der Waals surface area (Å²) in [4.78, 5) is 2.65. The average Bonchev–Trinajstić information content (AvgIpc) is 2.71. The van der Waals surface area contributed by atoms with Crippen LogP contribution in [0.4, 0.5) is 5.69 Å². The predicted octanol–water partition coefficient (Wildman–Crippen LogP) is 3.55. The summed E-state index contributed by atoms with van der Waals surface area (Å²) in [5.41, 5.74) is 10.3. The molecule has 0 unspecified atom stereocenters. The van der Waals surface area contributed by atoms with Crippen LogP contribution in [0.15, 0.2) is 18.2 Å². The Labute approximate surface area is 110 Å². The molecule has 1 aliphatic carbocycles. The maximum absolute atomic E-state index is 5.87. The van der Waals surface area contributed by atoms with Gasteiger partial charge in [0.25, 0.3) is 0 Å². The SMILES string of the molecule is CC1(C)CCC(N2Cc3ccc(N)cc3C2)CC1. The van der Waals surface area contributed by atoms with Crippen LogP contribution >= 0.6 is 0 Å². The minimum absolute atomic E-state index is 0.563. The fourth-order valence-electron chi connectivity index (χ4n) is 3.45. The number of hydrogen-bond donors (Lipinski definition) is 1. The van der Waals surface area contributed by atoms with Gasteiger partial charge in [-0.2, -0.15) is 0 Å². The van der Waals surface area contributed by atoms with Crippen LogP contribution < -0.4 is 5.73 Å². The maximum Gasteiger partial charge on any atom is 0.0317 e. The zero-order valence-corrected chi connectivity index (χ0v) is 11.6. The molecule has 0 saturated heterocycles. The highest BCUT2D eigenvalue weighted by Gasteiger charge is 2.32. The van der Waals surface area contributed by atoms with E-state index >= 15 is 0 Å². The molecule has 2 aliphatic rings. The lowest BCUT2D eigenvalue weighted by molar-refractivity contribution is 0.105. The Morgan fingerprint density at radius 2 is 1.78 bits per heavy atom. The molecular weight excluding hydrogens is 220 g/mol. The number of fused-ring (bicyclic) bond motifs is 1. The maximum atomic E-state index is 5.87. The molecule has 2 heteroatoms. The van der Waals surface area contributed by atoms with Crippen molar-refractivity contribution in [2.45, 2.75) is 58.7 Å². The Hall–Kier alpha value is -1.02. The van der Waals surface area contributed by atoms with Crippen molar-refractivity contribution < 1.29 is 0 Å². The zero-order valence-electron chi connectivity index (χ0n) is 11.6. The number of rotatable bonds is 1. The van der Waals surface area contributed by atoms with Crippen LogP contribution in [0, 0.1) is 5.41 Å². The molecule has 0 aromatic heterocycles. The fraction of sp³-hybridized carbons (Fsp3) is 0.625. The van der Waals surface area contributed by atoms with E-state index < -0.39 is 0 Å². The van der Waals surface area contributed by atoms with Gasteiger partial charge in [0.05, 0.1) is 0 Å². The van der Waals surface area contributed by atoms with Gasteiger partial charge in [-0.25, -0.2) is 0 Å². The summed E-state index contributed by atoms with van der Waals surface area (Å²) in [5.74, 6) is 0. The van der Waals surface area contributed by atoms with Gasteiger partial charge < -0.3 is 5.73 Å². The van der Waals surface area contributed by atoms with Gasteiger partial charge in [0.15, 0.2) is 0 Å². The molecule has 0 spiro atoms. The van der Waals surface area contributed by atoms with Crippen molar-refractivity contribution in [3.05, 3.63) is 29.3 Å². The Morgan fingerprint density at radius 1 is 1.11 bits per heavy atom. The van der Waals surface area contributed by atoms with Gasteiger partial charge in [0, 0.05) is 24.8 Å². The number of anilines is 1. The van der Waals surface area contributed by atoms with Crippen molar-refractivity contribution in [1.82, 2.24) is 4.90 Å². The topological polar surface area (TPSA) is 29.3 Å². The van der Waals surface area contributed by atoms with Crippen molar-refractivity contribution >= 4 is 5.69 Å². The van der Waals surface area contributed by atoms with Gasteiger partial charge in [-0.3, -0.25) is 4.90 Å². The number of nitrogens with two attached hydrogens (primary N) is 1. The van der Waals surface area contributed by atoms with Crippen LogP contribution in [-0.2, 0) is 13.1 Å². The average molecular weight is 244 g/mol. The van der Waals surface area contributed by atoms with Gasteiger partial charge in [-0.1, -0.05) is 19.9 Å². The molecule has 3 rings (SSSR count). The monoisotopic (exact) mass is 244 g/mol. The fourth-order valence-corrected chi connectivity index (χ4v) is 3.45. The van der Waals surface area contributed by atoms with E-state index in [0.717, 1.165) is 24.8 Å². The Kier molecular flexibility index (Phi) is 2.86. The van der Waals surface area contributed by atoms with E-state index in [2.05, 4.69) is 30.9 Å². The Balaban J connectivity index is 1.68. The van der Waals surface area contributed by atoms with E-state index in [1.807, 2.05) is 6.07 Å². The van der Waals surface area contributed by atoms with Crippen LogP contribution in [0.25, 0.3) is 0 Å². The molecular formula is C16H24N2. The third-order valence-electron chi connectivity index (χ3n) is 4.80. The van der Waals surface area contributed by atoms with Crippen LogP contribution in [0.2, 0.25) is 0 Å². The summed E-state index contributed by atoms with van der Waals surface area (Å²) in [6.45, 7) is 7.04. The highest BCUT2D eigenvalue weighted by Crippen LogP contribution is 2.39. The molecule has 2 N–H and O–H groups in total. The summed E-state index contributed by atoms with van der Waals surface area (Å²) in [5, 5.41) is 0. The normalized spacial score (nSPS) is 24.1. The molecule has 1 heterocycles. The molecule has 1 fully saturated rings. The number of nitrogen functional groups attached to an aromatic ring is 1. The molecule has 1 aromatic rings. The van der Waals surface area contributed by atoms with Crippen LogP contribution in [0.1, 0.15) is 50.7 Å². The first kappa shape index (κ1) is 12.0. The third kappa shape index (κ3) is 2.26. The summed E-state index contributed by atoms with van der Waals surface area (Å²) >= 11 is 0. The molecule has 0 radical (unpaired) electrons. The smallest absolute Gasteiger partial charge is 0.0317 e. The van der Waals surface area contributed by atoms with Crippen molar-refractivity contribution in [3.8, 4) is 0 Å². The molecule has 1 aliphatic heterocycles. The molecule has 2 nitrogen and oxygen atoms in total. The minimum atomic E-state index is 0.563. The molecule has 0 amide bonds. The number of benzene rings is 1. The highest BCUT2D eigenvalue weighted by atomic mass is 15.2. The lowest BCUT2D eigenvalue weighted by Gasteiger charge is -2.38. The summed E-state index contributed by atoms with van der Waals surface area (Å²) in [7, 11) is 0. The van der Waals surface area contributed by atoms with Crippen LogP contribution in [0.5, 0.6) is 0 Å². The minimum Gasteiger partial charge on any atom is -0.399 e. The van der Waals surface area contributed by atoms with E-state index in [0.29, 0.717) is 5.41 Å². The summed E-state index contributed by atoms with van der Waals surface area (Å²) in [6, 6.07) is 7.18. The van der Waals surface area contributed by atoms with Crippen molar-refractivity contribution in [2.24, 2.45) is 5.41 Å². The lowest BCUT2D eigenvalue weighted by Crippen LogP contribution is -2.36. The quantitative estimate of drug-likeness (QED) is 0.765. The second-order valence-corrected chi connectivity index (χ2v) is 6.83. The molecule has 1 aromatic carbocycles. The third-order valence-corrected chi connectivity index (χ3v) is 4.80. The van der Waals surface area contributed by atoms with Crippen molar-refractivity contribution in [3.63, 3.8) is 0 Å². The molecule has 18 heavy (non-hydrogen) atoms. The van der Waals surface area contributed by atoms with Gasteiger partial charge in [-0.15, -0.1) is 0 Å². The lowest BCUT2D eigenvalue weighted by atomic mass is 9.75. The summed E-state index contributed by atoms with van der Waals surface area (Å²) in [6.07, 6.45) is 5.45. The molecule has 0 bridgehead atoms. The Morgan fingerprint density at radius 3 is 2.50 bits per heavy atom. The van der Waals surface area contributed by atoms with Crippen molar-refractivity contribution in [1.29, 1.82) is 0 Å². The molecule has 1 saturated carbocycles. The van der Waals surface area contributed by atoms with Crippen molar-refractivity contribution in [2.75, 3.05) is 5.73 Å². The van der Waals surface area contributed by atoms with Crippen LogP contribution in [-0.4, -0.2) is 10.9 Å². The largest absolute Gasteiger partial charge is 0.399 e. The second kappa shape index (κ2) is 4.27. The van der Waals surface area contributed by atoms with Gasteiger partial charge in [0.1, 0.15) is 0 Å². The standard InChI is InChI=1S/C16H24N2/c1-16(2)7-5-15(6-8-16)18-10-12-3-4-14(17)9-13(12)11-18/h3-4,9,15H,5-8,10-11,17H2,1-2H3. The predicted molar refractivity (Wildman–Crippen MR) is 76.1 cm³/mol. The van der Waals surface area contributed by atoms with Gasteiger partial charge >= 0.3 is 0 Å².